The maximum atomic E-state index is 13.5. The topological polar surface area (TPSA) is 80.2 Å². The zero-order valence-corrected chi connectivity index (χ0v) is 20.4. The molecule has 0 aromatic carbocycles. The van der Waals surface area contributed by atoms with E-state index in [0.717, 1.165) is 63.8 Å². The van der Waals surface area contributed by atoms with Crippen molar-refractivity contribution in [3.63, 3.8) is 0 Å². The lowest BCUT2D eigenvalue weighted by Gasteiger charge is -2.43. The van der Waals surface area contributed by atoms with Gasteiger partial charge in [0.05, 0.1) is 17.1 Å². The summed E-state index contributed by atoms with van der Waals surface area (Å²) < 4.78 is 38.4. The van der Waals surface area contributed by atoms with Gasteiger partial charge in [0.15, 0.2) is 0 Å². The minimum Gasteiger partial charge on any atom is -0.393 e. The van der Waals surface area contributed by atoms with Gasteiger partial charge in [-0.05, 0) is 57.1 Å². The van der Waals surface area contributed by atoms with E-state index < -0.39 is 17.2 Å². The lowest BCUT2D eigenvalue weighted by Crippen LogP contribution is -2.57. The van der Waals surface area contributed by atoms with E-state index in [1.807, 2.05) is 14.7 Å². The van der Waals surface area contributed by atoms with Gasteiger partial charge in [0.25, 0.3) is 0 Å². The minimum absolute atomic E-state index is 0.0684. The molecule has 36 heavy (non-hydrogen) atoms. The zero-order chi connectivity index (χ0) is 25.5. The van der Waals surface area contributed by atoms with Crippen molar-refractivity contribution in [2.75, 3.05) is 50.7 Å². The summed E-state index contributed by atoms with van der Waals surface area (Å²) in [5, 5.41) is 9.82. The highest BCUT2D eigenvalue weighted by molar-refractivity contribution is 5.86. The summed E-state index contributed by atoms with van der Waals surface area (Å²) in [6, 6.07) is 2.53. The summed E-state index contributed by atoms with van der Waals surface area (Å²) in [6.07, 6.45) is 1.68. The Morgan fingerprint density at radius 2 is 1.69 bits per heavy atom. The number of urea groups is 1. The van der Waals surface area contributed by atoms with Gasteiger partial charge in [-0.25, -0.2) is 9.78 Å². The maximum absolute atomic E-state index is 13.5. The summed E-state index contributed by atoms with van der Waals surface area (Å²) in [4.78, 5) is 38.3. The predicted octanol–water partition coefficient (Wildman–Crippen LogP) is 2.96. The van der Waals surface area contributed by atoms with Crippen LogP contribution in [-0.2, 0) is 11.0 Å². The highest BCUT2D eigenvalue weighted by Gasteiger charge is 2.51. The van der Waals surface area contributed by atoms with Gasteiger partial charge in [-0.1, -0.05) is 0 Å². The molecular formula is C25H34F3N5O3. The number of piperidine rings is 1. The number of aliphatic hydroxyl groups is 1. The number of carbonyl (C=O) groups is 2. The van der Waals surface area contributed by atoms with Crippen molar-refractivity contribution in [3.05, 3.63) is 23.9 Å². The van der Waals surface area contributed by atoms with Gasteiger partial charge < -0.3 is 24.7 Å². The van der Waals surface area contributed by atoms with Crippen LogP contribution in [0.5, 0.6) is 0 Å². The lowest BCUT2D eigenvalue weighted by molar-refractivity contribution is -0.141. The number of pyridine rings is 1. The molecule has 0 bridgehead atoms. The van der Waals surface area contributed by atoms with Crippen LogP contribution in [-0.4, -0.2) is 94.7 Å². The predicted molar refractivity (Wildman–Crippen MR) is 126 cm³/mol. The van der Waals surface area contributed by atoms with Gasteiger partial charge in [0.1, 0.15) is 5.82 Å². The van der Waals surface area contributed by atoms with Crippen LogP contribution in [0.4, 0.5) is 23.8 Å². The van der Waals surface area contributed by atoms with Gasteiger partial charge in [-0.2, -0.15) is 13.2 Å². The van der Waals surface area contributed by atoms with Gasteiger partial charge >= 0.3 is 12.2 Å². The number of aliphatic hydroxyl groups excluding tert-OH is 1. The Balaban J connectivity index is 1.17. The van der Waals surface area contributed by atoms with Crippen molar-refractivity contribution in [2.24, 2.45) is 5.41 Å². The van der Waals surface area contributed by atoms with E-state index in [1.165, 1.54) is 6.07 Å². The Hall–Kier alpha value is -2.56. The molecule has 4 aliphatic rings. The monoisotopic (exact) mass is 509 g/mol. The fraction of sp³-hybridized carbons (Fsp3) is 0.720. The number of halogens is 3. The third-order valence-electron chi connectivity index (χ3n) is 8.45. The number of aromatic nitrogens is 1. The molecular weight excluding hydrogens is 475 g/mol. The van der Waals surface area contributed by atoms with E-state index in [4.69, 9.17) is 0 Å². The van der Waals surface area contributed by atoms with Crippen LogP contribution in [0, 0.1) is 5.41 Å². The fourth-order valence-electron chi connectivity index (χ4n) is 6.31. The first-order valence-corrected chi connectivity index (χ1v) is 13.0. The van der Waals surface area contributed by atoms with Crippen LogP contribution >= 0.6 is 0 Å². The summed E-state index contributed by atoms with van der Waals surface area (Å²) in [5.41, 5.74) is -1.28. The molecule has 198 valence electrons. The minimum atomic E-state index is -4.42. The standard InChI is InChI=1S/C25H34F3N5O3/c26-25(27,28)18-2-7-21(29-16-18)30-12-14-31(15-13-30)23(36)32-10-1-8-24(17-32)9-11-33(22(24)35)19-3-5-20(34)6-4-19/h2,7,16,19-20,34H,1,3-6,8-15,17H2/t19-,20-,24?. The van der Waals surface area contributed by atoms with Crippen molar-refractivity contribution in [3.8, 4) is 0 Å². The average molecular weight is 510 g/mol. The maximum Gasteiger partial charge on any atom is 0.417 e. The third kappa shape index (κ3) is 4.86. The molecule has 1 atom stereocenters. The van der Waals surface area contributed by atoms with Gasteiger partial charge in [0, 0.05) is 58.1 Å². The van der Waals surface area contributed by atoms with Crippen molar-refractivity contribution in [1.29, 1.82) is 0 Å². The van der Waals surface area contributed by atoms with E-state index in [0.29, 0.717) is 45.1 Å². The Morgan fingerprint density at radius 1 is 0.972 bits per heavy atom. The molecule has 1 aromatic heterocycles. The van der Waals surface area contributed by atoms with Crippen LogP contribution in [0.15, 0.2) is 18.3 Å². The average Bonchev–Trinajstić information content (AvgIpc) is 3.18. The second-order valence-corrected chi connectivity index (χ2v) is 10.7. The van der Waals surface area contributed by atoms with Gasteiger partial charge in [0.2, 0.25) is 5.91 Å². The highest BCUT2D eigenvalue weighted by Crippen LogP contribution is 2.42. The molecule has 4 heterocycles. The van der Waals surface area contributed by atoms with Gasteiger partial charge in [-0.3, -0.25) is 4.79 Å². The van der Waals surface area contributed by atoms with Crippen LogP contribution in [0.3, 0.4) is 0 Å². The molecule has 1 spiro atoms. The molecule has 1 saturated carbocycles. The SMILES string of the molecule is O=C(N1CCN(c2ccc(C(F)(F)F)cn2)CC1)N1CCCC2(CCN([C@H]3CC[C@H](O)CC3)C2=O)C1. The van der Waals surface area contributed by atoms with E-state index in [1.54, 1.807) is 4.90 Å². The number of piperazine rings is 1. The highest BCUT2D eigenvalue weighted by atomic mass is 19.4. The van der Waals surface area contributed by atoms with E-state index in [2.05, 4.69) is 4.98 Å². The molecule has 0 radical (unpaired) electrons. The van der Waals surface area contributed by atoms with Crippen molar-refractivity contribution < 1.29 is 27.9 Å². The summed E-state index contributed by atoms with van der Waals surface area (Å²) in [5.74, 6) is 0.637. The Morgan fingerprint density at radius 3 is 2.33 bits per heavy atom. The number of carbonyl (C=O) groups excluding carboxylic acids is 2. The molecule has 3 amide bonds. The number of anilines is 1. The number of hydrogen-bond donors (Lipinski definition) is 1. The van der Waals surface area contributed by atoms with E-state index in [-0.39, 0.29) is 24.1 Å². The van der Waals surface area contributed by atoms with Gasteiger partial charge in [-0.15, -0.1) is 0 Å². The molecule has 1 N–H and O–H groups in total. The molecule has 3 saturated heterocycles. The second-order valence-electron chi connectivity index (χ2n) is 10.7. The molecule has 4 fully saturated rings. The fourth-order valence-corrected chi connectivity index (χ4v) is 6.31. The Bertz CT molecular complexity index is 959. The van der Waals surface area contributed by atoms with Crippen molar-refractivity contribution in [1.82, 2.24) is 19.7 Å². The Kier molecular flexibility index (Phi) is 6.78. The van der Waals surface area contributed by atoms with E-state index >= 15 is 0 Å². The largest absolute Gasteiger partial charge is 0.417 e. The molecule has 1 aliphatic carbocycles. The van der Waals surface area contributed by atoms with Crippen molar-refractivity contribution in [2.45, 2.75) is 63.3 Å². The lowest BCUT2D eigenvalue weighted by atomic mass is 9.78. The van der Waals surface area contributed by atoms with Crippen molar-refractivity contribution >= 4 is 17.8 Å². The van der Waals surface area contributed by atoms with Crippen LogP contribution in [0.1, 0.15) is 50.5 Å². The molecule has 11 heteroatoms. The number of alkyl halides is 3. The molecule has 5 rings (SSSR count). The molecule has 1 aromatic rings. The van der Waals surface area contributed by atoms with Crippen LogP contribution in [0.2, 0.25) is 0 Å². The molecule has 1 unspecified atom stereocenters. The quantitative estimate of drug-likeness (QED) is 0.663. The molecule has 8 nitrogen and oxygen atoms in total. The first-order chi connectivity index (χ1) is 17.2. The van der Waals surface area contributed by atoms with Crippen LogP contribution < -0.4 is 4.90 Å². The van der Waals surface area contributed by atoms with Crippen LogP contribution in [0.25, 0.3) is 0 Å². The van der Waals surface area contributed by atoms with E-state index in [9.17, 15) is 27.9 Å². The number of amides is 3. The summed E-state index contributed by atoms with van der Waals surface area (Å²) >= 11 is 0. The first-order valence-electron chi connectivity index (χ1n) is 13.0. The summed E-state index contributed by atoms with van der Waals surface area (Å²) in [7, 11) is 0. The Labute approximate surface area is 209 Å². The normalized spacial score (nSPS) is 29.8. The smallest absolute Gasteiger partial charge is 0.393 e. The number of nitrogens with zero attached hydrogens (tertiary/aromatic N) is 5. The first kappa shape index (κ1) is 25.1. The zero-order valence-electron chi connectivity index (χ0n) is 20.4. The number of hydrogen-bond acceptors (Lipinski definition) is 5. The number of likely N-dealkylation sites (tertiary alicyclic amines) is 2. The second kappa shape index (κ2) is 9.72. The summed E-state index contributed by atoms with van der Waals surface area (Å²) in [6.45, 7) is 3.68. The number of rotatable bonds is 2. The molecule has 3 aliphatic heterocycles. The third-order valence-corrected chi connectivity index (χ3v) is 8.45.